The van der Waals surface area contributed by atoms with Gasteiger partial charge >= 0.3 is 0 Å². The van der Waals surface area contributed by atoms with Crippen molar-refractivity contribution in [2.45, 2.75) is 30.3 Å². The van der Waals surface area contributed by atoms with Gasteiger partial charge in [-0.25, -0.2) is 8.42 Å². The summed E-state index contributed by atoms with van der Waals surface area (Å²) < 4.78 is 37.5. The van der Waals surface area contributed by atoms with Gasteiger partial charge in [-0.3, -0.25) is 0 Å². The number of ether oxygens (including phenoxy) is 2. The monoisotopic (exact) mass is 297 g/mol. The van der Waals surface area contributed by atoms with Gasteiger partial charge in [-0.1, -0.05) is 0 Å². The smallest absolute Gasteiger partial charge is 0.243 e. The van der Waals surface area contributed by atoms with Gasteiger partial charge in [0.2, 0.25) is 10.0 Å². The second-order valence-corrected chi connectivity index (χ2v) is 7.17. The Balaban J connectivity index is 1.88. The van der Waals surface area contributed by atoms with Gasteiger partial charge in [0.1, 0.15) is 5.75 Å². The number of methoxy groups -OCH3 is 1. The number of rotatable bonds is 3. The van der Waals surface area contributed by atoms with Gasteiger partial charge < -0.3 is 9.47 Å². The van der Waals surface area contributed by atoms with E-state index in [9.17, 15) is 8.42 Å². The Morgan fingerprint density at radius 3 is 3.00 bits per heavy atom. The minimum absolute atomic E-state index is 0.00531. The predicted molar refractivity (Wildman–Crippen MR) is 74.4 cm³/mol. The van der Waals surface area contributed by atoms with Crippen LogP contribution in [0.25, 0.3) is 0 Å². The molecule has 0 N–H and O–H groups in total. The Morgan fingerprint density at radius 2 is 2.25 bits per heavy atom. The molecule has 20 heavy (non-hydrogen) atoms. The third-order valence-corrected chi connectivity index (χ3v) is 5.82. The summed E-state index contributed by atoms with van der Waals surface area (Å²) in [4.78, 5) is 0.360. The molecule has 0 unspecified atom stereocenters. The van der Waals surface area contributed by atoms with E-state index in [1.807, 2.05) is 0 Å². The minimum atomic E-state index is -3.42. The third-order valence-electron chi connectivity index (χ3n) is 3.96. The molecule has 6 heteroatoms. The van der Waals surface area contributed by atoms with Crippen LogP contribution in [0.1, 0.15) is 18.4 Å². The van der Waals surface area contributed by atoms with Crippen molar-refractivity contribution in [3.8, 4) is 5.75 Å². The van der Waals surface area contributed by atoms with Crippen LogP contribution in [0.15, 0.2) is 23.1 Å². The molecule has 2 aliphatic rings. The molecular formula is C14H19NO4S. The Labute approximate surface area is 119 Å². The summed E-state index contributed by atoms with van der Waals surface area (Å²) in [5, 5.41) is 0. The van der Waals surface area contributed by atoms with Crippen LogP contribution < -0.4 is 4.74 Å². The molecule has 1 aromatic carbocycles. The second-order valence-electron chi connectivity index (χ2n) is 5.23. The number of hydrogen-bond acceptors (Lipinski definition) is 4. The van der Waals surface area contributed by atoms with E-state index in [2.05, 4.69) is 0 Å². The number of fused-ring (bicyclic) bond motifs is 1. The van der Waals surface area contributed by atoms with Crippen molar-refractivity contribution in [1.29, 1.82) is 0 Å². The summed E-state index contributed by atoms with van der Waals surface area (Å²) in [6, 6.07) is 5.16. The van der Waals surface area contributed by atoms with E-state index < -0.39 is 10.0 Å². The molecule has 1 fully saturated rings. The van der Waals surface area contributed by atoms with E-state index in [0.717, 1.165) is 30.6 Å². The van der Waals surface area contributed by atoms with Crippen LogP contribution in [0.5, 0.6) is 5.75 Å². The first-order chi connectivity index (χ1) is 9.61. The van der Waals surface area contributed by atoms with Gasteiger partial charge in [-0.05, 0) is 43.0 Å². The molecule has 0 amide bonds. The van der Waals surface area contributed by atoms with Crippen molar-refractivity contribution >= 4 is 10.0 Å². The van der Waals surface area contributed by atoms with Gasteiger partial charge in [0.15, 0.2) is 0 Å². The average molecular weight is 297 g/mol. The number of hydrogen-bond donors (Lipinski definition) is 0. The van der Waals surface area contributed by atoms with E-state index in [0.29, 0.717) is 24.6 Å². The summed E-state index contributed by atoms with van der Waals surface area (Å²) in [6.45, 7) is 1.67. The molecule has 3 rings (SSSR count). The lowest BCUT2D eigenvalue weighted by Gasteiger charge is -2.20. The Kier molecular flexibility index (Phi) is 3.70. The first-order valence-corrected chi connectivity index (χ1v) is 8.34. The van der Waals surface area contributed by atoms with E-state index in [1.165, 1.54) is 4.31 Å². The fraction of sp³-hybridized carbons (Fsp3) is 0.571. The normalized spacial score (nSPS) is 23.4. The van der Waals surface area contributed by atoms with Crippen LogP contribution in [-0.2, 0) is 21.2 Å². The first-order valence-electron chi connectivity index (χ1n) is 6.90. The topological polar surface area (TPSA) is 55.8 Å². The fourth-order valence-corrected chi connectivity index (χ4v) is 4.29. The highest BCUT2D eigenvalue weighted by Crippen LogP contribution is 2.29. The average Bonchev–Trinajstić information content (AvgIpc) is 2.96. The zero-order valence-corrected chi connectivity index (χ0v) is 12.4. The molecule has 2 aliphatic heterocycles. The molecule has 110 valence electrons. The molecule has 2 heterocycles. The van der Waals surface area contributed by atoms with Crippen LogP contribution in [0.2, 0.25) is 0 Å². The summed E-state index contributed by atoms with van der Waals surface area (Å²) in [5.41, 5.74) is 0.986. The predicted octanol–water partition coefficient (Wildman–Crippen LogP) is 1.42. The van der Waals surface area contributed by atoms with E-state index in [4.69, 9.17) is 9.47 Å². The highest BCUT2D eigenvalue weighted by atomic mass is 32.2. The summed E-state index contributed by atoms with van der Waals surface area (Å²) in [5.74, 6) is 0.811. The van der Waals surface area contributed by atoms with Gasteiger partial charge in [0.25, 0.3) is 0 Å². The van der Waals surface area contributed by atoms with Crippen molar-refractivity contribution in [3.63, 3.8) is 0 Å². The SMILES string of the molecule is CO[C@H]1CCN(S(=O)(=O)c2ccc3c(c2)CCCO3)C1. The molecule has 0 spiro atoms. The zero-order chi connectivity index (χ0) is 14.2. The molecule has 0 aromatic heterocycles. The molecule has 5 nitrogen and oxygen atoms in total. The Bertz CT molecular complexity index is 599. The van der Waals surface area contributed by atoms with E-state index in [-0.39, 0.29) is 6.10 Å². The highest BCUT2D eigenvalue weighted by molar-refractivity contribution is 7.89. The van der Waals surface area contributed by atoms with Gasteiger partial charge in [0.05, 0.1) is 17.6 Å². The van der Waals surface area contributed by atoms with Gasteiger partial charge in [-0.15, -0.1) is 0 Å². The molecule has 1 atom stereocenters. The largest absolute Gasteiger partial charge is 0.493 e. The Hall–Kier alpha value is -1.11. The lowest BCUT2D eigenvalue weighted by atomic mass is 10.1. The Morgan fingerprint density at radius 1 is 1.40 bits per heavy atom. The lowest BCUT2D eigenvalue weighted by molar-refractivity contribution is 0.115. The van der Waals surface area contributed by atoms with Gasteiger partial charge in [0, 0.05) is 20.2 Å². The van der Waals surface area contributed by atoms with Crippen molar-refractivity contribution in [1.82, 2.24) is 4.31 Å². The number of aryl methyl sites for hydroxylation is 1. The van der Waals surface area contributed by atoms with Crippen LogP contribution in [0, 0.1) is 0 Å². The van der Waals surface area contributed by atoms with Crippen LogP contribution >= 0.6 is 0 Å². The lowest BCUT2D eigenvalue weighted by Crippen LogP contribution is -2.30. The molecule has 1 saturated heterocycles. The number of nitrogens with zero attached hydrogens (tertiary/aromatic N) is 1. The fourth-order valence-electron chi connectivity index (χ4n) is 2.75. The maximum Gasteiger partial charge on any atom is 0.243 e. The molecular weight excluding hydrogens is 278 g/mol. The van der Waals surface area contributed by atoms with Crippen molar-refractivity contribution in [2.75, 3.05) is 26.8 Å². The standard InChI is InChI=1S/C14H19NO4S/c1-18-12-6-7-15(10-12)20(16,17)13-4-5-14-11(9-13)3-2-8-19-14/h4-5,9,12H,2-3,6-8,10H2,1H3/t12-/m0/s1. The maximum absolute atomic E-state index is 12.6. The minimum Gasteiger partial charge on any atom is -0.493 e. The summed E-state index contributed by atoms with van der Waals surface area (Å²) in [7, 11) is -1.80. The van der Waals surface area contributed by atoms with Crippen LogP contribution in [0.4, 0.5) is 0 Å². The molecule has 0 saturated carbocycles. The molecule has 0 radical (unpaired) electrons. The van der Waals surface area contributed by atoms with Crippen molar-refractivity contribution < 1.29 is 17.9 Å². The number of sulfonamides is 1. The van der Waals surface area contributed by atoms with Crippen molar-refractivity contribution in [2.24, 2.45) is 0 Å². The van der Waals surface area contributed by atoms with Gasteiger partial charge in [-0.2, -0.15) is 4.31 Å². The number of benzene rings is 1. The molecule has 0 bridgehead atoms. The molecule has 0 aliphatic carbocycles. The quantitative estimate of drug-likeness (QED) is 0.847. The zero-order valence-electron chi connectivity index (χ0n) is 11.5. The van der Waals surface area contributed by atoms with Crippen LogP contribution in [0.3, 0.4) is 0 Å². The maximum atomic E-state index is 12.6. The van der Waals surface area contributed by atoms with E-state index in [1.54, 1.807) is 25.3 Å². The summed E-state index contributed by atoms with van der Waals surface area (Å²) in [6.07, 6.45) is 2.57. The van der Waals surface area contributed by atoms with Crippen LogP contribution in [-0.4, -0.2) is 45.6 Å². The second kappa shape index (κ2) is 5.35. The summed E-state index contributed by atoms with van der Waals surface area (Å²) >= 11 is 0. The van der Waals surface area contributed by atoms with Crippen molar-refractivity contribution in [3.05, 3.63) is 23.8 Å². The van der Waals surface area contributed by atoms with E-state index >= 15 is 0 Å². The first kappa shape index (κ1) is 13.9. The molecule has 1 aromatic rings. The third kappa shape index (κ3) is 2.43. The highest BCUT2D eigenvalue weighted by Gasteiger charge is 2.33.